The first-order chi connectivity index (χ1) is 8.97. The Morgan fingerprint density at radius 1 is 1.11 bits per heavy atom. The highest BCUT2D eigenvalue weighted by molar-refractivity contribution is 9.10. The highest BCUT2D eigenvalue weighted by Crippen LogP contribution is 2.32. The molecule has 0 heterocycles. The van der Waals surface area contributed by atoms with Crippen LogP contribution in [0.2, 0.25) is 0 Å². The molecule has 0 N–H and O–H groups in total. The predicted octanol–water partition coefficient (Wildman–Crippen LogP) is 4.77. The molecule has 0 radical (unpaired) electrons. The summed E-state index contributed by atoms with van der Waals surface area (Å²) in [4.78, 5) is 10.4. The van der Waals surface area contributed by atoms with Gasteiger partial charge in [0.2, 0.25) is 0 Å². The molecule has 2 aromatic carbocycles. The molecule has 0 spiro atoms. The van der Waals surface area contributed by atoms with Crippen LogP contribution in [-0.2, 0) is 0 Å². The van der Waals surface area contributed by atoms with Crippen LogP contribution in [0.15, 0.2) is 40.9 Å². The minimum atomic E-state index is -0.399. The summed E-state index contributed by atoms with van der Waals surface area (Å²) in [6.45, 7) is 3.60. The Balaban J connectivity index is 2.35. The summed E-state index contributed by atoms with van der Waals surface area (Å²) in [5.74, 6) is 1.36. The molecule has 0 aliphatic heterocycles. The minimum absolute atomic E-state index is 0.0816. The number of halogens is 1. The molecular formula is C14H12BrNO3. The summed E-state index contributed by atoms with van der Waals surface area (Å²) < 4.78 is 6.76. The molecule has 0 unspecified atom stereocenters. The van der Waals surface area contributed by atoms with E-state index >= 15 is 0 Å². The van der Waals surface area contributed by atoms with Gasteiger partial charge in [-0.2, -0.15) is 0 Å². The highest BCUT2D eigenvalue weighted by Gasteiger charge is 2.13. The average molecular weight is 322 g/mol. The third-order valence-corrected chi connectivity index (χ3v) is 3.22. The number of nitro benzene ring substituents is 1. The van der Waals surface area contributed by atoms with Crippen LogP contribution in [0.5, 0.6) is 11.5 Å². The van der Waals surface area contributed by atoms with Crippen LogP contribution in [0.1, 0.15) is 11.1 Å². The third kappa shape index (κ3) is 3.12. The summed E-state index contributed by atoms with van der Waals surface area (Å²) in [5, 5.41) is 10.8. The fraction of sp³-hybridized carbons (Fsp3) is 0.143. The molecular weight excluding hydrogens is 310 g/mol. The van der Waals surface area contributed by atoms with Gasteiger partial charge in [0, 0.05) is 16.6 Å². The monoisotopic (exact) mass is 321 g/mol. The van der Waals surface area contributed by atoms with E-state index < -0.39 is 4.92 Å². The molecule has 0 aromatic heterocycles. The van der Waals surface area contributed by atoms with Gasteiger partial charge < -0.3 is 4.74 Å². The molecule has 0 fully saturated rings. The van der Waals surface area contributed by atoms with Crippen LogP contribution < -0.4 is 4.74 Å². The number of non-ortho nitro benzene ring substituents is 1. The lowest BCUT2D eigenvalue weighted by Crippen LogP contribution is -1.95. The Morgan fingerprint density at radius 3 is 2.11 bits per heavy atom. The van der Waals surface area contributed by atoms with E-state index in [0.29, 0.717) is 11.5 Å². The maximum atomic E-state index is 10.8. The van der Waals surface area contributed by atoms with Gasteiger partial charge in [0.25, 0.3) is 5.69 Å². The van der Waals surface area contributed by atoms with E-state index in [1.54, 1.807) is 13.8 Å². The van der Waals surface area contributed by atoms with Crippen molar-refractivity contribution in [2.24, 2.45) is 0 Å². The second-order valence-electron chi connectivity index (χ2n) is 4.22. The van der Waals surface area contributed by atoms with Crippen molar-refractivity contribution in [3.05, 3.63) is 62.1 Å². The van der Waals surface area contributed by atoms with Crippen molar-refractivity contribution in [3.8, 4) is 11.5 Å². The summed E-state index contributed by atoms with van der Waals surface area (Å²) in [5.41, 5.74) is 1.57. The molecule has 0 atom stereocenters. The van der Waals surface area contributed by atoms with Gasteiger partial charge in [-0.15, -0.1) is 0 Å². The van der Waals surface area contributed by atoms with Crippen molar-refractivity contribution in [3.63, 3.8) is 0 Å². The molecule has 0 amide bonds. The number of aryl methyl sites for hydroxylation is 2. The van der Waals surface area contributed by atoms with Crippen molar-refractivity contribution in [2.75, 3.05) is 0 Å². The smallest absolute Gasteiger partial charge is 0.270 e. The maximum absolute atomic E-state index is 10.8. The second-order valence-corrected chi connectivity index (χ2v) is 5.14. The van der Waals surface area contributed by atoms with Gasteiger partial charge in [-0.3, -0.25) is 10.1 Å². The van der Waals surface area contributed by atoms with Crippen LogP contribution in [0.3, 0.4) is 0 Å². The second kappa shape index (κ2) is 5.40. The van der Waals surface area contributed by atoms with Gasteiger partial charge in [0.05, 0.1) is 4.92 Å². The number of nitrogens with zero attached hydrogens (tertiary/aromatic N) is 1. The van der Waals surface area contributed by atoms with Crippen molar-refractivity contribution >= 4 is 21.6 Å². The van der Waals surface area contributed by atoms with Crippen LogP contribution in [0.25, 0.3) is 0 Å². The lowest BCUT2D eigenvalue weighted by molar-refractivity contribution is -0.385. The van der Waals surface area contributed by atoms with Crippen molar-refractivity contribution in [2.45, 2.75) is 13.8 Å². The zero-order chi connectivity index (χ0) is 14.0. The number of hydrogen-bond donors (Lipinski definition) is 0. The number of hydrogen-bond acceptors (Lipinski definition) is 3. The normalized spacial score (nSPS) is 10.3. The minimum Gasteiger partial charge on any atom is -0.457 e. The topological polar surface area (TPSA) is 52.4 Å². The van der Waals surface area contributed by atoms with Gasteiger partial charge in [0.1, 0.15) is 11.5 Å². The number of ether oxygens (including phenoxy) is 1. The third-order valence-electron chi connectivity index (χ3n) is 2.69. The van der Waals surface area contributed by atoms with E-state index in [1.165, 1.54) is 12.1 Å². The van der Waals surface area contributed by atoms with Crippen LogP contribution in [0, 0.1) is 24.0 Å². The highest BCUT2D eigenvalue weighted by atomic mass is 79.9. The Kier molecular flexibility index (Phi) is 3.85. The van der Waals surface area contributed by atoms with Crippen LogP contribution in [-0.4, -0.2) is 4.92 Å². The SMILES string of the molecule is Cc1cc([N+](=O)[O-])cc(C)c1Oc1ccc(Br)cc1. The summed E-state index contributed by atoms with van der Waals surface area (Å²) in [6, 6.07) is 10.5. The zero-order valence-electron chi connectivity index (χ0n) is 10.5. The van der Waals surface area contributed by atoms with Gasteiger partial charge in [-0.05, 0) is 49.2 Å². The Morgan fingerprint density at radius 2 is 1.63 bits per heavy atom. The summed E-state index contributed by atoms with van der Waals surface area (Å²) in [6.07, 6.45) is 0. The first kappa shape index (κ1) is 13.5. The zero-order valence-corrected chi connectivity index (χ0v) is 12.1. The largest absolute Gasteiger partial charge is 0.457 e. The van der Waals surface area contributed by atoms with Gasteiger partial charge in [-0.25, -0.2) is 0 Å². The number of benzene rings is 2. The first-order valence-corrected chi connectivity index (χ1v) is 6.46. The molecule has 98 valence electrons. The molecule has 5 heteroatoms. The molecule has 0 aliphatic carbocycles. The number of nitro groups is 1. The lowest BCUT2D eigenvalue weighted by atomic mass is 10.1. The summed E-state index contributed by atoms with van der Waals surface area (Å²) in [7, 11) is 0. The fourth-order valence-electron chi connectivity index (χ4n) is 1.81. The molecule has 0 saturated carbocycles. The van der Waals surface area contributed by atoms with E-state index in [9.17, 15) is 10.1 Å². The van der Waals surface area contributed by atoms with Crippen molar-refractivity contribution in [1.82, 2.24) is 0 Å². The number of rotatable bonds is 3. The van der Waals surface area contributed by atoms with E-state index in [1.807, 2.05) is 24.3 Å². The van der Waals surface area contributed by atoms with Crippen molar-refractivity contribution in [1.29, 1.82) is 0 Å². The van der Waals surface area contributed by atoms with Crippen LogP contribution >= 0.6 is 15.9 Å². The standard InChI is InChI=1S/C14H12BrNO3/c1-9-7-12(16(17)18)8-10(2)14(9)19-13-5-3-11(15)4-6-13/h3-8H,1-2H3. The van der Waals surface area contributed by atoms with E-state index in [2.05, 4.69) is 15.9 Å². The van der Waals surface area contributed by atoms with E-state index in [4.69, 9.17) is 4.74 Å². The summed E-state index contributed by atoms with van der Waals surface area (Å²) >= 11 is 3.35. The fourth-order valence-corrected chi connectivity index (χ4v) is 2.08. The van der Waals surface area contributed by atoms with E-state index in [0.717, 1.165) is 15.6 Å². The van der Waals surface area contributed by atoms with Crippen molar-refractivity contribution < 1.29 is 9.66 Å². The van der Waals surface area contributed by atoms with E-state index in [-0.39, 0.29) is 5.69 Å². The molecule has 0 saturated heterocycles. The van der Waals surface area contributed by atoms with Gasteiger partial charge >= 0.3 is 0 Å². The van der Waals surface area contributed by atoms with Crippen LogP contribution in [0.4, 0.5) is 5.69 Å². The lowest BCUT2D eigenvalue weighted by Gasteiger charge is -2.11. The Bertz CT molecular complexity index is 600. The quantitative estimate of drug-likeness (QED) is 0.604. The van der Waals surface area contributed by atoms with Gasteiger partial charge in [-0.1, -0.05) is 15.9 Å². The molecule has 4 nitrogen and oxygen atoms in total. The molecule has 19 heavy (non-hydrogen) atoms. The molecule has 2 aromatic rings. The maximum Gasteiger partial charge on any atom is 0.270 e. The predicted molar refractivity (Wildman–Crippen MR) is 76.8 cm³/mol. The first-order valence-electron chi connectivity index (χ1n) is 5.66. The average Bonchev–Trinajstić information content (AvgIpc) is 2.35. The Labute approximate surface area is 119 Å². The molecule has 2 rings (SSSR count). The molecule has 0 bridgehead atoms. The molecule has 0 aliphatic rings. The van der Waals surface area contributed by atoms with Gasteiger partial charge in [0.15, 0.2) is 0 Å². The Hall–Kier alpha value is -1.88.